The maximum atomic E-state index is 13.8. The second-order valence-electron chi connectivity index (χ2n) is 9.47. The molecule has 1 aliphatic carbocycles. The number of rotatable bonds is 9. The molecular formula is C29H34N2O4. The molecule has 4 rings (SSSR count). The van der Waals surface area contributed by atoms with E-state index in [1.54, 1.807) is 24.1 Å². The fraction of sp³-hybridized carbons (Fsp3) is 0.379. The van der Waals surface area contributed by atoms with Crippen LogP contribution in [0.5, 0.6) is 5.75 Å². The largest absolute Gasteiger partial charge is 0.497 e. The van der Waals surface area contributed by atoms with Crippen molar-refractivity contribution in [3.8, 4) is 5.75 Å². The van der Waals surface area contributed by atoms with Crippen molar-refractivity contribution in [3.63, 3.8) is 0 Å². The summed E-state index contributed by atoms with van der Waals surface area (Å²) in [5, 5.41) is 3.22. The van der Waals surface area contributed by atoms with E-state index in [1.165, 1.54) is 11.8 Å². The monoisotopic (exact) mass is 474 g/mol. The lowest BCUT2D eigenvalue weighted by atomic mass is 9.97. The number of nitrogens with zero attached hydrogens (tertiary/aromatic N) is 1. The van der Waals surface area contributed by atoms with Crippen LogP contribution in [0.25, 0.3) is 0 Å². The van der Waals surface area contributed by atoms with Crippen LogP contribution in [-0.4, -0.2) is 29.9 Å². The minimum Gasteiger partial charge on any atom is -0.497 e. The van der Waals surface area contributed by atoms with Gasteiger partial charge in [0.2, 0.25) is 5.91 Å². The average Bonchev–Trinajstić information content (AvgIpc) is 3.59. The molecule has 1 saturated carbocycles. The maximum Gasteiger partial charge on any atom is 0.290 e. The molecule has 2 amide bonds. The summed E-state index contributed by atoms with van der Waals surface area (Å²) < 4.78 is 10.7. The van der Waals surface area contributed by atoms with Crippen molar-refractivity contribution < 1.29 is 18.7 Å². The van der Waals surface area contributed by atoms with Gasteiger partial charge in [0.1, 0.15) is 11.8 Å². The molecule has 1 N–H and O–H groups in total. The smallest absolute Gasteiger partial charge is 0.290 e. The summed E-state index contributed by atoms with van der Waals surface area (Å²) in [6.07, 6.45) is 5.63. The van der Waals surface area contributed by atoms with E-state index in [0.717, 1.165) is 42.6 Å². The Labute approximate surface area is 207 Å². The zero-order valence-corrected chi connectivity index (χ0v) is 20.7. The van der Waals surface area contributed by atoms with Gasteiger partial charge in [-0.2, -0.15) is 0 Å². The zero-order chi connectivity index (χ0) is 24.8. The van der Waals surface area contributed by atoms with Gasteiger partial charge in [0.25, 0.3) is 5.91 Å². The third-order valence-electron chi connectivity index (χ3n) is 6.69. The molecule has 0 aliphatic heterocycles. The van der Waals surface area contributed by atoms with Crippen molar-refractivity contribution >= 4 is 11.8 Å². The summed E-state index contributed by atoms with van der Waals surface area (Å²) in [5.74, 6) is 0.816. The van der Waals surface area contributed by atoms with E-state index >= 15 is 0 Å². The number of amides is 2. The number of hydrogen-bond acceptors (Lipinski definition) is 4. The number of carbonyl (C=O) groups is 2. The molecule has 6 nitrogen and oxygen atoms in total. The van der Waals surface area contributed by atoms with Gasteiger partial charge in [0.05, 0.1) is 13.4 Å². The molecule has 1 aromatic heterocycles. The van der Waals surface area contributed by atoms with Gasteiger partial charge in [-0.1, -0.05) is 63.1 Å². The SMILES string of the molecule is COc1ccc(CN(C(=O)c2ccco2)[C@H](C(=O)NC2CCCC2)c2ccc(C(C)C)cc2)cc1. The summed E-state index contributed by atoms with van der Waals surface area (Å²) in [4.78, 5) is 29.1. The van der Waals surface area contributed by atoms with Gasteiger partial charge in [-0.05, 0) is 59.7 Å². The number of ether oxygens (including phenoxy) is 1. The third kappa shape index (κ3) is 5.94. The molecule has 0 radical (unpaired) electrons. The van der Waals surface area contributed by atoms with Gasteiger partial charge in [0, 0.05) is 12.6 Å². The van der Waals surface area contributed by atoms with Crippen LogP contribution >= 0.6 is 0 Å². The van der Waals surface area contributed by atoms with Crippen LogP contribution in [0.2, 0.25) is 0 Å². The van der Waals surface area contributed by atoms with E-state index in [9.17, 15) is 9.59 Å². The minimum absolute atomic E-state index is 0.140. The maximum absolute atomic E-state index is 13.8. The van der Waals surface area contributed by atoms with Crippen LogP contribution in [0.4, 0.5) is 0 Å². The van der Waals surface area contributed by atoms with Crippen LogP contribution < -0.4 is 10.1 Å². The number of nitrogens with one attached hydrogen (secondary N) is 1. The highest BCUT2D eigenvalue weighted by Crippen LogP contribution is 2.29. The summed E-state index contributed by atoms with van der Waals surface area (Å²) >= 11 is 0. The predicted octanol–water partition coefficient (Wildman–Crippen LogP) is 5.85. The van der Waals surface area contributed by atoms with Crippen LogP contribution in [0, 0.1) is 0 Å². The lowest BCUT2D eigenvalue weighted by Gasteiger charge is -2.32. The first-order valence-corrected chi connectivity index (χ1v) is 12.3. The Kier molecular flexibility index (Phi) is 7.91. The van der Waals surface area contributed by atoms with Gasteiger partial charge in [0.15, 0.2) is 5.76 Å². The standard InChI is InChI=1S/C29H34N2O4/c1-20(2)22-12-14-23(15-13-22)27(28(32)30-24-7-4-5-8-24)31(29(33)26-9-6-18-35-26)19-21-10-16-25(34-3)17-11-21/h6,9-18,20,24,27H,4-5,7-8,19H2,1-3H3,(H,30,32)/t27-/m0/s1. The number of hydrogen-bond donors (Lipinski definition) is 1. The number of furan rings is 1. The molecule has 1 fully saturated rings. The number of benzene rings is 2. The molecule has 0 spiro atoms. The molecular weight excluding hydrogens is 440 g/mol. The van der Waals surface area contributed by atoms with Gasteiger partial charge < -0.3 is 19.4 Å². The van der Waals surface area contributed by atoms with E-state index < -0.39 is 6.04 Å². The fourth-order valence-electron chi connectivity index (χ4n) is 4.64. The topological polar surface area (TPSA) is 71.8 Å². The van der Waals surface area contributed by atoms with Crippen molar-refractivity contribution in [2.24, 2.45) is 0 Å². The second kappa shape index (κ2) is 11.3. The molecule has 184 valence electrons. The van der Waals surface area contributed by atoms with Crippen molar-refractivity contribution in [1.82, 2.24) is 10.2 Å². The minimum atomic E-state index is -0.795. The van der Waals surface area contributed by atoms with Gasteiger partial charge in [-0.25, -0.2) is 0 Å². The first-order valence-electron chi connectivity index (χ1n) is 12.3. The van der Waals surface area contributed by atoms with Crippen molar-refractivity contribution in [3.05, 3.63) is 89.4 Å². The van der Waals surface area contributed by atoms with Crippen LogP contribution in [0.15, 0.2) is 71.3 Å². The van der Waals surface area contributed by atoms with Crippen molar-refractivity contribution in [2.75, 3.05) is 7.11 Å². The van der Waals surface area contributed by atoms with Gasteiger partial charge in [-0.15, -0.1) is 0 Å². The van der Waals surface area contributed by atoms with E-state index in [0.29, 0.717) is 5.92 Å². The van der Waals surface area contributed by atoms with E-state index in [1.807, 2.05) is 48.5 Å². The van der Waals surface area contributed by atoms with Crippen LogP contribution in [-0.2, 0) is 11.3 Å². The third-order valence-corrected chi connectivity index (χ3v) is 6.69. The number of carbonyl (C=O) groups excluding carboxylic acids is 2. The Morgan fingerprint density at radius 2 is 1.66 bits per heavy atom. The molecule has 1 atom stereocenters. The highest BCUT2D eigenvalue weighted by molar-refractivity contribution is 5.96. The molecule has 35 heavy (non-hydrogen) atoms. The Morgan fingerprint density at radius 3 is 2.23 bits per heavy atom. The summed E-state index contributed by atoms with van der Waals surface area (Å²) in [7, 11) is 1.62. The summed E-state index contributed by atoms with van der Waals surface area (Å²) in [5.41, 5.74) is 2.85. The Morgan fingerprint density at radius 1 is 1.00 bits per heavy atom. The Balaban J connectivity index is 1.73. The highest BCUT2D eigenvalue weighted by atomic mass is 16.5. The normalized spacial score (nSPS) is 14.6. The van der Waals surface area contributed by atoms with Gasteiger partial charge in [-0.3, -0.25) is 9.59 Å². The molecule has 2 aromatic carbocycles. The molecule has 0 unspecified atom stereocenters. The first-order chi connectivity index (χ1) is 17.0. The lowest BCUT2D eigenvalue weighted by Crippen LogP contribution is -2.45. The second-order valence-corrected chi connectivity index (χ2v) is 9.47. The predicted molar refractivity (Wildman–Crippen MR) is 135 cm³/mol. The molecule has 1 aliphatic rings. The Bertz CT molecular complexity index is 1100. The van der Waals surface area contributed by atoms with Crippen molar-refractivity contribution in [2.45, 2.75) is 64.1 Å². The first kappa shape index (κ1) is 24.6. The van der Waals surface area contributed by atoms with E-state index in [2.05, 4.69) is 19.2 Å². The summed E-state index contributed by atoms with van der Waals surface area (Å²) in [6.45, 7) is 4.52. The summed E-state index contributed by atoms with van der Waals surface area (Å²) in [6, 6.07) is 18.2. The van der Waals surface area contributed by atoms with Crippen LogP contribution in [0.3, 0.4) is 0 Å². The fourth-order valence-corrected chi connectivity index (χ4v) is 4.64. The molecule has 3 aromatic rings. The van der Waals surface area contributed by atoms with E-state index in [-0.39, 0.29) is 30.2 Å². The molecule has 0 saturated heterocycles. The highest BCUT2D eigenvalue weighted by Gasteiger charge is 2.34. The zero-order valence-electron chi connectivity index (χ0n) is 20.7. The molecule has 0 bridgehead atoms. The molecule has 1 heterocycles. The van der Waals surface area contributed by atoms with Gasteiger partial charge >= 0.3 is 0 Å². The quantitative estimate of drug-likeness (QED) is 0.422. The Hall–Kier alpha value is -3.54. The molecule has 6 heteroatoms. The average molecular weight is 475 g/mol. The van der Waals surface area contributed by atoms with Crippen LogP contribution in [0.1, 0.15) is 78.7 Å². The van der Waals surface area contributed by atoms with E-state index in [4.69, 9.17) is 9.15 Å². The lowest BCUT2D eigenvalue weighted by molar-refractivity contribution is -0.126. The van der Waals surface area contributed by atoms with Crippen molar-refractivity contribution in [1.29, 1.82) is 0 Å². The number of methoxy groups -OCH3 is 1.